The molecule has 0 amide bonds. The zero-order valence-electron chi connectivity index (χ0n) is 11.4. The van der Waals surface area contributed by atoms with Crippen molar-refractivity contribution in [3.8, 4) is 11.5 Å². The van der Waals surface area contributed by atoms with Gasteiger partial charge in [0.25, 0.3) is 0 Å². The van der Waals surface area contributed by atoms with E-state index in [2.05, 4.69) is 18.3 Å². The van der Waals surface area contributed by atoms with Gasteiger partial charge in [0, 0.05) is 0 Å². The van der Waals surface area contributed by atoms with E-state index >= 15 is 0 Å². The molecule has 3 heteroatoms. The van der Waals surface area contributed by atoms with Crippen LogP contribution in [0.3, 0.4) is 0 Å². The zero-order valence-corrected chi connectivity index (χ0v) is 11.4. The number of nitrogens with one attached hydrogen (secondary N) is 1. The van der Waals surface area contributed by atoms with Crippen LogP contribution in [-0.2, 0) is 0 Å². The van der Waals surface area contributed by atoms with Gasteiger partial charge in [-0.25, -0.2) is 0 Å². The average molecular weight is 249 g/mol. The lowest BCUT2D eigenvalue weighted by Crippen LogP contribution is -2.28. The van der Waals surface area contributed by atoms with Crippen molar-refractivity contribution >= 4 is 0 Å². The molecule has 1 aliphatic rings. The van der Waals surface area contributed by atoms with Gasteiger partial charge >= 0.3 is 0 Å². The predicted molar refractivity (Wildman–Crippen MR) is 73.4 cm³/mol. The van der Waals surface area contributed by atoms with Gasteiger partial charge in [0.05, 0.1) is 13.7 Å². The molecule has 0 unspecified atom stereocenters. The van der Waals surface area contributed by atoms with Crippen molar-refractivity contribution < 1.29 is 9.47 Å². The minimum Gasteiger partial charge on any atom is -0.493 e. The fourth-order valence-electron chi connectivity index (χ4n) is 2.40. The van der Waals surface area contributed by atoms with Crippen molar-refractivity contribution in [3.63, 3.8) is 0 Å². The number of hydrogen-bond donors (Lipinski definition) is 1. The van der Waals surface area contributed by atoms with Gasteiger partial charge in [-0.2, -0.15) is 0 Å². The molecule has 1 saturated heterocycles. The van der Waals surface area contributed by atoms with Crippen molar-refractivity contribution in [1.82, 2.24) is 5.32 Å². The van der Waals surface area contributed by atoms with E-state index < -0.39 is 0 Å². The highest BCUT2D eigenvalue weighted by Crippen LogP contribution is 2.28. The first-order valence-corrected chi connectivity index (χ1v) is 6.78. The Labute approximate surface area is 109 Å². The minimum absolute atomic E-state index is 0.782. The van der Waals surface area contributed by atoms with Crippen LogP contribution < -0.4 is 14.8 Å². The molecule has 3 nitrogen and oxygen atoms in total. The first kappa shape index (κ1) is 13.2. The van der Waals surface area contributed by atoms with Gasteiger partial charge in [0.2, 0.25) is 0 Å². The van der Waals surface area contributed by atoms with Crippen LogP contribution in [0.2, 0.25) is 0 Å². The van der Waals surface area contributed by atoms with Crippen LogP contribution in [0.15, 0.2) is 18.2 Å². The topological polar surface area (TPSA) is 30.5 Å². The van der Waals surface area contributed by atoms with Crippen molar-refractivity contribution in [1.29, 1.82) is 0 Å². The Morgan fingerprint density at radius 1 is 1.22 bits per heavy atom. The number of aryl methyl sites for hydroxylation is 1. The van der Waals surface area contributed by atoms with Crippen molar-refractivity contribution in [3.05, 3.63) is 23.8 Å². The van der Waals surface area contributed by atoms with Crippen LogP contribution in [0.25, 0.3) is 0 Å². The SMILES string of the molecule is COc1cc(C)ccc1OCCC1CCNCC1. The number of benzene rings is 1. The molecule has 1 heterocycles. The molecule has 0 bridgehead atoms. The summed E-state index contributed by atoms with van der Waals surface area (Å²) in [5, 5.41) is 3.39. The van der Waals surface area contributed by atoms with Gasteiger partial charge in [-0.05, 0) is 62.9 Å². The molecule has 0 aromatic heterocycles. The van der Waals surface area contributed by atoms with Crippen LogP contribution in [0, 0.1) is 12.8 Å². The van der Waals surface area contributed by atoms with E-state index in [4.69, 9.17) is 9.47 Å². The molecule has 18 heavy (non-hydrogen) atoms. The largest absolute Gasteiger partial charge is 0.493 e. The normalized spacial score (nSPS) is 16.6. The monoisotopic (exact) mass is 249 g/mol. The lowest BCUT2D eigenvalue weighted by molar-refractivity contribution is 0.243. The highest BCUT2D eigenvalue weighted by molar-refractivity contribution is 5.42. The van der Waals surface area contributed by atoms with E-state index in [-0.39, 0.29) is 0 Å². The summed E-state index contributed by atoms with van der Waals surface area (Å²) in [6.45, 7) is 5.14. The molecule has 2 rings (SSSR count). The van der Waals surface area contributed by atoms with Gasteiger partial charge in [-0.1, -0.05) is 6.07 Å². The first-order valence-electron chi connectivity index (χ1n) is 6.78. The van der Waals surface area contributed by atoms with E-state index in [0.717, 1.165) is 43.5 Å². The van der Waals surface area contributed by atoms with E-state index in [0.29, 0.717) is 0 Å². The molecule has 0 aliphatic carbocycles. The van der Waals surface area contributed by atoms with Crippen molar-refractivity contribution in [2.45, 2.75) is 26.2 Å². The fraction of sp³-hybridized carbons (Fsp3) is 0.600. The number of methoxy groups -OCH3 is 1. The highest BCUT2D eigenvalue weighted by Gasteiger charge is 2.13. The molecule has 100 valence electrons. The van der Waals surface area contributed by atoms with E-state index in [1.165, 1.54) is 18.4 Å². The van der Waals surface area contributed by atoms with E-state index in [1.807, 2.05) is 12.1 Å². The molecule has 0 radical (unpaired) electrons. The van der Waals surface area contributed by atoms with Gasteiger partial charge in [0.1, 0.15) is 0 Å². The summed E-state index contributed by atoms with van der Waals surface area (Å²) in [6, 6.07) is 6.07. The van der Waals surface area contributed by atoms with Crippen LogP contribution in [0.5, 0.6) is 11.5 Å². The second kappa shape index (κ2) is 6.64. The Morgan fingerprint density at radius 3 is 2.72 bits per heavy atom. The predicted octanol–water partition coefficient (Wildman–Crippen LogP) is 2.77. The number of piperidine rings is 1. The van der Waals surface area contributed by atoms with E-state index in [9.17, 15) is 0 Å². The molecule has 1 aromatic rings. The fourth-order valence-corrected chi connectivity index (χ4v) is 2.40. The van der Waals surface area contributed by atoms with Gasteiger partial charge in [0.15, 0.2) is 11.5 Å². The molecular formula is C15H23NO2. The smallest absolute Gasteiger partial charge is 0.161 e. The molecule has 1 N–H and O–H groups in total. The van der Waals surface area contributed by atoms with Gasteiger partial charge in [-0.15, -0.1) is 0 Å². The minimum atomic E-state index is 0.782. The first-order chi connectivity index (χ1) is 8.79. The molecule has 1 aromatic carbocycles. The standard InChI is InChI=1S/C15H23NO2/c1-12-3-4-14(15(11-12)17-2)18-10-7-13-5-8-16-9-6-13/h3-4,11,13,16H,5-10H2,1-2H3. The van der Waals surface area contributed by atoms with Gasteiger partial charge in [-0.3, -0.25) is 0 Å². The third-order valence-electron chi connectivity index (χ3n) is 3.56. The number of rotatable bonds is 5. The lowest BCUT2D eigenvalue weighted by atomic mass is 9.95. The Morgan fingerprint density at radius 2 is 2.00 bits per heavy atom. The van der Waals surface area contributed by atoms with Crippen LogP contribution in [0.1, 0.15) is 24.8 Å². The molecule has 1 fully saturated rings. The second-order valence-electron chi connectivity index (χ2n) is 4.98. The maximum absolute atomic E-state index is 5.84. The second-order valence-corrected chi connectivity index (χ2v) is 4.98. The average Bonchev–Trinajstić information content (AvgIpc) is 2.41. The molecule has 0 spiro atoms. The third kappa shape index (κ3) is 3.64. The van der Waals surface area contributed by atoms with Crippen LogP contribution in [-0.4, -0.2) is 26.8 Å². The van der Waals surface area contributed by atoms with E-state index in [1.54, 1.807) is 7.11 Å². The number of hydrogen-bond acceptors (Lipinski definition) is 3. The molecule has 0 saturated carbocycles. The summed E-state index contributed by atoms with van der Waals surface area (Å²) < 4.78 is 11.2. The molecule has 0 atom stereocenters. The summed E-state index contributed by atoms with van der Waals surface area (Å²) in [7, 11) is 1.69. The Hall–Kier alpha value is -1.22. The molecule has 1 aliphatic heterocycles. The van der Waals surface area contributed by atoms with Crippen molar-refractivity contribution in [2.24, 2.45) is 5.92 Å². The zero-order chi connectivity index (χ0) is 12.8. The van der Waals surface area contributed by atoms with Crippen LogP contribution in [0.4, 0.5) is 0 Å². The maximum atomic E-state index is 5.84. The van der Waals surface area contributed by atoms with Crippen molar-refractivity contribution in [2.75, 3.05) is 26.8 Å². The lowest BCUT2D eigenvalue weighted by Gasteiger charge is -2.22. The number of ether oxygens (including phenoxy) is 2. The quantitative estimate of drug-likeness (QED) is 0.870. The molecular weight excluding hydrogens is 226 g/mol. The summed E-state index contributed by atoms with van der Waals surface area (Å²) in [4.78, 5) is 0. The summed E-state index contributed by atoms with van der Waals surface area (Å²) >= 11 is 0. The summed E-state index contributed by atoms with van der Waals surface area (Å²) in [5.74, 6) is 2.50. The van der Waals surface area contributed by atoms with Gasteiger partial charge < -0.3 is 14.8 Å². The maximum Gasteiger partial charge on any atom is 0.161 e. The Kier molecular flexibility index (Phi) is 4.88. The Balaban J connectivity index is 1.82. The summed E-state index contributed by atoms with van der Waals surface area (Å²) in [5.41, 5.74) is 1.19. The summed E-state index contributed by atoms with van der Waals surface area (Å²) in [6.07, 6.45) is 3.68. The Bertz CT molecular complexity index is 373. The van der Waals surface area contributed by atoms with Crippen LogP contribution >= 0.6 is 0 Å². The third-order valence-corrected chi connectivity index (χ3v) is 3.56. The highest BCUT2D eigenvalue weighted by atomic mass is 16.5.